The van der Waals surface area contributed by atoms with Gasteiger partial charge in [0.2, 0.25) is 0 Å². The Kier molecular flexibility index (Phi) is 4.54. The molecule has 7 heteroatoms. The summed E-state index contributed by atoms with van der Waals surface area (Å²) in [6, 6.07) is 14.0. The zero-order valence-electron chi connectivity index (χ0n) is 12.9. The molecule has 0 atom stereocenters. The summed E-state index contributed by atoms with van der Waals surface area (Å²) < 4.78 is 0.954. The predicted octanol–water partition coefficient (Wildman–Crippen LogP) is 3.54. The van der Waals surface area contributed by atoms with Crippen LogP contribution in [0.25, 0.3) is 11.1 Å². The minimum Gasteiger partial charge on any atom is -0.478 e. The van der Waals surface area contributed by atoms with E-state index in [2.05, 4.69) is 4.98 Å². The SMILES string of the molecule is O=C(O)c1ccccc1-c1ccc(Cc2ncn(Cl)c2C(=O)O)cc1. The molecule has 0 aliphatic heterocycles. The van der Waals surface area contributed by atoms with Gasteiger partial charge in [-0.3, -0.25) is 0 Å². The minimum absolute atomic E-state index is 0.0676. The van der Waals surface area contributed by atoms with E-state index in [9.17, 15) is 19.8 Å². The molecular weight excluding hydrogens is 344 g/mol. The molecule has 2 aromatic carbocycles. The number of hydrogen-bond donors (Lipinski definition) is 2. The largest absolute Gasteiger partial charge is 0.478 e. The summed E-state index contributed by atoms with van der Waals surface area (Å²) in [6.07, 6.45) is 1.56. The fourth-order valence-corrected chi connectivity index (χ4v) is 2.84. The molecule has 0 unspecified atom stereocenters. The Bertz CT molecular complexity index is 948. The maximum absolute atomic E-state index is 11.3. The van der Waals surface area contributed by atoms with Crippen LogP contribution in [0.2, 0.25) is 0 Å². The van der Waals surface area contributed by atoms with Crippen LogP contribution in [-0.2, 0) is 6.42 Å². The molecule has 126 valence electrons. The van der Waals surface area contributed by atoms with Crippen LogP contribution in [0.5, 0.6) is 0 Å². The zero-order valence-corrected chi connectivity index (χ0v) is 13.6. The lowest BCUT2D eigenvalue weighted by Crippen LogP contribution is -2.05. The van der Waals surface area contributed by atoms with Crippen LogP contribution in [-0.4, -0.2) is 31.2 Å². The third-order valence-electron chi connectivity index (χ3n) is 3.80. The standard InChI is InChI=1S/C18H13ClN2O4/c19-21-10-20-15(16(21)18(24)25)9-11-5-7-12(8-6-11)13-3-1-2-4-14(13)17(22)23/h1-8,10H,9H2,(H,22,23)(H,24,25). The molecule has 0 saturated carbocycles. The van der Waals surface area contributed by atoms with Crippen molar-refractivity contribution >= 4 is 23.7 Å². The van der Waals surface area contributed by atoms with Gasteiger partial charge in [-0.25, -0.2) is 18.7 Å². The quantitative estimate of drug-likeness (QED) is 0.729. The zero-order chi connectivity index (χ0) is 18.0. The van der Waals surface area contributed by atoms with Gasteiger partial charge in [-0.1, -0.05) is 42.5 Å². The van der Waals surface area contributed by atoms with Gasteiger partial charge in [0, 0.05) is 18.2 Å². The van der Waals surface area contributed by atoms with Gasteiger partial charge in [0.25, 0.3) is 0 Å². The third kappa shape index (κ3) is 3.39. The summed E-state index contributed by atoms with van der Waals surface area (Å²) in [5.41, 5.74) is 2.75. The molecular formula is C18H13ClN2O4. The van der Waals surface area contributed by atoms with E-state index in [1.165, 1.54) is 6.33 Å². The molecule has 6 nitrogen and oxygen atoms in total. The fraction of sp³-hybridized carbons (Fsp3) is 0.0556. The van der Waals surface area contributed by atoms with E-state index in [-0.39, 0.29) is 11.3 Å². The van der Waals surface area contributed by atoms with Crippen molar-refractivity contribution in [2.45, 2.75) is 6.42 Å². The van der Waals surface area contributed by atoms with Crippen LogP contribution in [0.4, 0.5) is 0 Å². The summed E-state index contributed by atoms with van der Waals surface area (Å²) in [7, 11) is 0. The van der Waals surface area contributed by atoms with Crippen LogP contribution >= 0.6 is 11.8 Å². The lowest BCUT2D eigenvalue weighted by atomic mass is 9.98. The second kappa shape index (κ2) is 6.78. The fourth-order valence-electron chi connectivity index (χ4n) is 2.62. The number of carboxylic acid groups (broad SMARTS) is 2. The number of benzene rings is 2. The average Bonchev–Trinajstić information content (AvgIpc) is 2.96. The smallest absolute Gasteiger partial charge is 0.355 e. The molecule has 0 aliphatic rings. The molecule has 1 heterocycles. The number of carbonyl (C=O) groups is 2. The molecule has 0 bridgehead atoms. The molecule has 2 N–H and O–H groups in total. The van der Waals surface area contributed by atoms with Gasteiger partial charge in [-0.15, -0.1) is 0 Å². The molecule has 25 heavy (non-hydrogen) atoms. The van der Waals surface area contributed by atoms with E-state index in [4.69, 9.17) is 11.8 Å². The Hall–Kier alpha value is -3.12. The molecule has 0 fully saturated rings. The monoisotopic (exact) mass is 356 g/mol. The van der Waals surface area contributed by atoms with Crippen molar-refractivity contribution in [1.82, 2.24) is 9.07 Å². The first-order valence-electron chi connectivity index (χ1n) is 7.34. The van der Waals surface area contributed by atoms with Crippen molar-refractivity contribution in [2.75, 3.05) is 0 Å². The number of nitrogens with zero attached hydrogens (tertiary/aromatic N) is 2. The van der Waals surface area contributed by atoms with E-state index < -0.39 is 11.9 Å². The summed E-state index contributed by atoms with van der Waals surface area (Å²) in [4.78, 5) is 26.6. The van der Waals surface area contributed by atoms with E-state index in [0.717, 1.165) is 15.2 Å². The summed E-state index contributed by atoms with van der Waals surface area (Å²) >= 11 is 5.78. The van der Waals surface area contributed by atoms with Crippen LogP contribution < -0.4 is 0 Å². The molecule has 1 aromatic heterocycles. The maximum Gasteiger partial charge on any atom is 0.355 e. The van der Waals surface area contributed by atoms with E-state index in [1.807, 2.05) is 12.1 Å². The summed E-state index contributed by atoms with van der Waals surface area (Å²) in [6.45, 7) is 0. The van der Waals surface area contributed by atoms with Crippen molar-refractivity contribution in [1.29, 1.82) is 0 Å². The number of carboxylic acids is 2. The van der Waals surface area contributed by atoms with Crippen molar-refractivity contribution < 1.29 is 19.8 Å². The van der Waals surface area contributed by atoms with E-state index >= 15 is 0 Å². The number of halogens is 1. The Morgan fingerprint density at radius 1 is 1.00 bits per heavy atom. The third-order valence-corrected chi connectivity index (χ3v) is 4.05. The molecule has 0 radical (unpaired) electrons. The van der Waals surface area contributed by atoms with Gasteiger partial charge >= 0.3 is 11.9 Å². The number of aromatic carboxylic acids is 2. The minimum atomic E-state index is -1.14. The van der Waals surface area contributed by atoms with Gasteiger partial charge in [0.1, 0.15) is 6.33 Å². The molecule has 0 saturated heterocycles. The molecule has 0 aliphatic carbocycles. The summed E-state index contributed by atoms with van der Waals surface area (Å²) in [5, 5.41) is 18.5. The lowest BCUT2D eigenvalue weighted by molar-refractivity contribution is 0.0681. The Morgan fingerprint density at radius 2 is 1.68 bits per heavy atom. The molecule has 0 spiro atoms. The Balaban J connectivity index is 1.89. The first kappa shape index (κ1) is 16.7. The highest BCUT2D eigenvalue weighted by Gasteiger charge is 2.17. The van der Waals surface area contributed by atoms with Gasteiger partial charge in [0.15, 0.2) is 5.69 Å². The lowest BCUT2D eigenvalue weighted by Gasteiger charge is -2.07. The second-order valence-electron chi connectivity index (χ2n) is 5.38. The average molecular weight is 357 g/mol. The molecule has 3 rings (SSSR count). The highest BCUT2D eigenvalue weighted by molar-refractivity contribution is 6.17. The van der Waals surface area contributed by atoms with E-state index in [1.54, 1.807) is 36.4 Å². The van der Waals surface area contributed by atoms with Crippen molar-refractivity contribution in [3.63, 3.8) is 0 Å². The molecule has 3 aromatic rings. The first-order valence-corrected chi connectivity index (χ1v) is 7.68. The highest BCUT2D eigenvalue weighted by Crippen LogP contribution is 2.25. The Labute approximate surface area is 148 Å². The number of aromatic nitrogens is 2. The van der Waals surface area contributed by atoms with Gasteiger partial charge in [0.05, 0.1) is 11.3 Å². The van der Waals surface area contributed by atoms with Crippen molar-refractivity contribution in [3.05, 3.63) is 77.4 Å². The molecule has 0 amide bonds. The second-order valence-corrected chi connectivity index (χ2v) is 5.74. The van der Waals surface area contributed by atoms with Crippen LogP contribution in [0, 0.1) is 0 Å². The van der Waals surface area contributed by atoms with Gasteiger partial charge in [-0.2, -0.15) is 0 Å². The topological polar surface area (TPSA) is 92.4 Å². The van der Waals surface area contributed by atoms with Gasteiger partial charge < -0.3 is 10.2 Å². The number of rotatable bonds is 5. The number of imidazole rings is 1. The van der Waals surface area contributed by atoms with Crippen LogP contribution in [0.1, 0.15) is 32.1 Å². The maximum atomic E-state index is 11.3. The summed E-state index contributed by atoms with van der Waals surface area (Å²) in [5.74, 6) is -2.13. The highest BCUT2D eigenvalue weighted by atomic mass is 35.5. The predicted molar refractivity (Wildman–Crippen MR) is 92.1 cm³/mol. The van der Waals surface area contributed by atoms with Crippen LogP contribution in [0.3, 0.4) is 0 Å². The Morgan fingerprint density at radius 3 is 2.32 bits per heavy atom. The normalized spacial score (nSPS) is 10.6. The first-order chi connectivity index (χ1) is 12.0. The van der Waals surface area contributed by atoms with Crippen molar-refractivity contribution in [3.8, 4) is 11.1 Å². The van der Waals surface area contributed by atoms with Crippen molar-refractivity contribution in [2.24, 2.45) is 0 Å². The van der Waals surface area contributed by atoms with E-state index in [0.29, 0.717) is 17.7 Å². The van der Waals surface area contributed by atoms with Crippen LogP contribution in [0.15, 0.2) is 54.9 Å². The number of hydrogen-bond acceptors (Lipinski definition) is 3. The van der Waals surface area contributed by atoms with Gasteiger partial charge in [-0.05, 0) is 22.8 Å².